The van der Waals surface area contributed by atoms with E-state index in [9.17, 15) is 4.79 Å². The van der Waals surface area contributed by atoms with Gasteiger partial charge in [-0.2, -0.15) is 5.10 Å². The maximum Gasteiger partial charge on any atom is 0.332 e. The molecule has 0 saturated carbocycles. The van der Waals surface area contributed by atoms with Gasteiger partial charge >= 0.3 is 6.03 Å². The van der Waals surface area contributed by atoms with Crippen LogP contribution in [0.4, 0.5) is 4.79 Å². The highest BCUT2D eigenvalue weighted by molar-refractivity contribution is 5.85. The predicted octanol–water partition coefficient (Wildman–Crippen LogP) is 1.61. The molecular weight excluding hydrogens is 190 g/mol. The number of benzene rings is 1. The summed E-state index contributed by atoms with van der Waals surface area (Å²) in [6.07, 6.45) is 1.61. The third-order valence-corrected chi connectivity index (χ3v) is 2.11. The second kappa shape index (κ2) is 4.59. The van der Waals surface area contributed by atoms with Gasteiger partial charge in [-0.15, -0.1) is 0 Å². The summed E-state index contributed by atoms with van der Waals surface area (Å²) in [4.78, 5) is 10.4. The average Bonchev–Trinajstić information content (AvgIpc) is 2.08. The van der Waals surface area contributed by atoms with E-state index >= 15 is 0 Å². The highest BCUT2D eigenvalue weighted by Crippen LogP contribution is 2.13. The van der Waals surface area contributed by atoms with Crippen LogP contribution in [0.25, 0.3) is 0 Å². The van der Waals surface area contributed by atoms with Crippen LogP contribution < -0.4 is 11.2 Å². The summed E-state index contributed by atoms with van der Waals surface area (Å²) in [5, 5.41) is 3.74. The van der Waals surface area contributed by atoms with Crippen molar-refractivity contribution in [2.45, 2.75) is 20.8 Å². The van der Waals surface area contributed by atoms with Crippen molar-refractivity contribution < 1.29 is 4.79 Å². The van der Waals surface area contributed by atoms with Gasteiger partial charge in [0.25, 0.3) is 0 Å². The van der Waals surface area contributed by atoms with Crippen LogP contribution >= 0.6 is 0 Å². The molecular formula is C11H15N3O. The van der Waals surface area contributed by atoms with Gasteiger partial charge in [0.15, 0.2) is 0 Å². The molecule has 4 heteroatoms. The number of hydrazone groups is 1. The smallest absolute Gasteiger partial charge is 0.332 e. The molecule has 0 unspecified atom stereocenters. The molecule has 4 nitrogen and oxygen atoms in total. The van der Waals surface area contributed by atoms with Crippen molar-refractivity contribution in [2.75, 3.05) is 0 Å². The molecule has 80 valence electrons. The second-order valence-corrected chi connectivity index (χ2v) is 3.55. The van der Waals surface area contributed by atoms with Gasteiger partial charge in [-0.25, -0.2) is 10.2 Å². The van der Waals surface area contributed by atoms with Crippen molar-refractivity contribution in [1.29, 1.82) is 0 Å². The first-order chi connectivity index (χ1) is 7.00. The van der Waals surface area contributed by atoms with Crippen LogP contribution in [0, 0.1) is 20.8 Å². The highest BCUT2D eigenvalue weighted by Gasteiger charge is 2.00. The number of nitrogens with two attached hydrogens (primary N) is 1. The third-order valence-electron chi connectivity index (χ3n) is 2.11. The van der Waals surface area contributed by atoms with Gasteiger partial charge in [0.2, 0.25) is 0 Å². The van der Waals surface area contributed by atoms with Crippen molar-refractivity contribution in [3.8, 4) is 0 Å². The zero-order valence-electron chi connectivity index (χ0n) is 9.16. The number of hydrogen-bond acceptors (Lipinski definition) is 2. The molecule has 0 aliphatic carbocycles. The molecule has 0 heterocycles. The molecule has 0 aromatic heterocycles. The first-order valence-corrected chi connectivity index (χ1v) is 4.67. The Labute approximate surface area is 89.2 Å². The molecule has 3 N–H and O–H groups in total. The molecule has 1 rings (SSSR count). The number of carbonyl (C=O) groups excluding carboxylic acids is 1. The minimum atomic E-state index is -0.659. The summed E-state index contributed by atoms with van der Waals surface area (Å²) in [5.74, 6) is 0. The predicted molar refractivity (Wildman–Crippen MR) is 61.0 cm³/mol. The molecule has 0 aliphatic rings. The lowest BCUT2D eigenvalue weighted by Gasteiger charge is -2.06. The van der Waals surface area contributed by atoms with Gasteiger partial charge in [-0.3, -0.25) is 0 Å². The van der Waals surface area contributed by atoms with Crippen molar-refractivity contribution in [1.82, 2.24) is 5.43 Å². The lowest BCUT2D eigenvalue weighted by Crippen LogP contribution is -2.24. The average molecular weight is 205 g/mol. The topological polar surface area (TPSA) is 67.5 Å². The van der Waals surface area contributed by atoms with Gasteiger partial charge in [0.1, 0.15) is 0 Å². The molecule has 2 amide bonds. The quantitative estimate of drug-likeness (QED) is 0.559. The summed E-state index contributed by atoms with van der Waals surface area (Å²) in [6, 6.07) is 3.48. The lowest BCUT2D eigenvalue weighted by molar-refractivity contribution is 0.249. The van der Waals surface area contributed by atoms with Crippen molar-refractivity contribution >= 4 is 12.2 Å². The van der Waals surface area contributed by atoms with Gasteiger partial charge in [-0.1, -0.05) is 17.7 Å². The number of rotatable bonds is 2. The molecule has 0 atom stereocenters. The van der Waals surface area contributed by atoms with Crippen molar-refractivity contribution in [2.24, 2.45) is 10.8 Å². The fraction of sp³-hybridized carbons (Fsp3) is 0.273. The normalized spacial score (nSPS) is 10.6. The van der Waals surface area contributed by atoms with Crippen LogP contribution in [0.1, 0.15) is 22.3 Å². The Kier molecular flexibility index (Phi) is 3.44. The van der Waals surface area contributed by atoms with Crippen LogP contribution in [-0.2, 0) is 0 Å². The molecule has 0 bridgehead atoms. The largest absolute Gasteiger partial charge is 0.350 e. The van der Waals surface area contributed by atoms with E-state index in [4.69, 9.17) is 5.73 Å². The number of hydrogen-bond donors (Lipinski definition) is 2. The van der Waals surface area contributed by atoms with E-state index in [2.05, 4.69) is 22.7 Å². The number of amides is 2. The Hall–Kier alpha value is -1.84. The Bertz CT molecular complexity index is 387. The Morgan fingerprint density at radius 3 is 2.33 bits per heavy atom. The number of aryl methyl sites for hydroxylation is 3. The van der Waals surface area contributed by atoms with Gasteiger partial charge in [-0.05, 0) is 31.9 Å². The minimum absolute atomic E-state index is 0.659. The van der Waals surface area contributed by atoms with E-state index in [-0.39, 0.29) is 0 Å². The van der Waals surface area contributed by atoms with E-state index < -0.39 is 6.03 Å². The molecule has 0 radical (unpaired) electrons. The summed E-state index contributed by atoms with van der Waals surface area (Å²) in [7, 11) is 0. The standard InChI is InChI=1S/C11H15N3O/c1-7-4-8(2)10(9(3)5-7)6-13-14-11(12)15/h4-6H,1-3H3,(H3,12,14,15). The van der Waals surface area contributed by atoms with Crippen molar-refractivity contribution in [3.63, 3.8) is 0 Å². The molecule has 1 aromatic rings. The fourth-order valence-corrected chi connectivity index (χ4v) is 1.56. The first kappa shape index (κ1) is 11.2. The lowest BCUT2D eigenvalue weighted by atomic mass is 10.0. The van der Waals surface area contributed by atoms with Gasteiger partial charge < -0.3 is 5.73 Å². The molecule has 1 aromatic carbocycles. The number of nitrogens with zero attached hydrogens (tertiary/aromatic N) is 1. The van der Waals surface area contributed by atoms with Gasteiger partial charge in [0, 0.05) is 5.56 Å². The van der Waals surface area contributed by atoms with Crippen molar-refractivity contribution in [3.05, 3.63) is 34.4 Å². The number of urea groups is 1. The van der Waals surface area contributed by atoms with E-state index in [0.717, 1.165) is 16.7 Å². The van der Waals surface area contributed by atoms with Crippen LogP contribution in [0.3, 0.4) is 0 Å². The first-order valence-electron chi connectivity index (χ1n) is 4.67. The van der Waals surface area contributed by atoms with E-state index in [1.54, 1.807) is 6.21 Å². The molecule has 0 aliphatic heterocycles. The maximum absolute atomic E-state index is 10.4. The van der Waals surface area contributed by atoms with E-state index in [1.165, 1.54) is 5.56 Å². The van der Waals surface area contributed by atoms with Gasteiger partial charge in [0.05, 0.1) is 6.21 Å². The van der Waals surface area contributed by atoms with E-state index in [1.807, 2.05) is 20.8 Å². The Morgan fingerprint density at radius 2 is 1.87 bits per heavy atom. The van der Waals surface area contributed by atoms with Crippen LogP contribution in [-0.4, -0.2) is 12.2 Å². The Morgan fingerprint density at radius 1 is 1.33 bits per heavy atom. The molecule has 0 saturated heterocycles. The number of primary amides is 1. The monoisotopic (exact) mass is 205 g/mol. The zero-order valence-corrected chi connectivity index (χ0v) is 9.16. The third kappa shape index (κ3) is 3.09. The summed E-state index contributed by atoms with van der Waals surface area (Å²) >= 11 is 0. The zero-order chi connectivity index (χ0) is 11.4. The van der Waals surface area contributed by atoms with Crippen LogP contribution in [0.2, 0.25) is 0 Å². The Balaban J connectivity index is 2.94. The molecule has 15 heavy (non-hydrogen) atoms. The minimum Gasteiger partial charge on any atom is -0.350 e. The summed E-state index contributed by atoms with van der Waals surface area (Å²) < 4.78 is 0. The van der Waals surface area contributed by atoms with Crippen LogP contribution in [0.5, 0.6) is 0 Å². The highest BCUT2D eigenvalue weighted by atomic mass is 16.2. The number of nitrogens with one attached hydrogen (secondary N) is 1. The second-order valence-electron chi connectivity index (χ2n) is 3.55. The van der Waals surface area contributed by atoms with Crippen LogP contribution in [0.15, 0.2) is 17.2 Å². The van der Waals surface area contributed by atoms with E-state index in [0.29, 0.717) is 0 Å². The maximum atomic E-state index is 10.4. The fourth-order valence-electron chi connectivity index (χ4n) is 1.56. The number of carbonyl (C=O) groups is 1. The molecule has 0 spiro atoms. The molecule has 0 fully saturated rings. The summed E-state index contributed by atoms with van der Waals surface area (Å²) in [6.45, 7) is 6.06. The SMILES string of the molecule is Cc1cc(C)c(C=NNC(N)=O)c(C)c1. The summed E-state index contributed by atoms with van der Waals surface area (Å²) in [5.41, 5.74) is 11.5.